The molecule has 22 heavy (non-hydrogen) atoms. The van der Waals surface area contributed by atoms with Crippen LogP contribution < -0.4 is 5.32 Å². The van der Waals surface area contributed by atoms with E-state index in [0.29, 0.717) is 5.82 Å². The fourth-order valence-electron chi connectivity index (χ4n) is 2.07. The third kappa shape index (κ3) is 3.01. The van der Waals surface area contributed by atoms with Crippen LogP contribution in [0.1, 0.15) is 29.0 Å². The van der Waals surface area contributed by atoms with Gasteiger partial charge in [-0.3, -0.25) is 4.79 Å². The summed E-state index contributed by atoms with van der Waals surface area (Å²) in [5.41, 5.74) is 1.32. The summed E-state index contributed by atoms with van der Waals surface area (Å²) in [6.07, 6.45) is 3.42. The molecule has 6 heteroatoms. The van der Waals surface area contributed by atoms with E-state index in [4.69, 9.17) is 0 Å². The number of nitrogens with zero attached hydrogens (tertiary/aromatic N) is 4. The van der Waals surface area contributed by atoms with E-state index in [0.717, 1.165) is 5.56 Å². The van der Waals surface area contributed by atoms with E-state index in [9.17, 15) is 4.79 Å². The van der Waals surface area contributed by atoms with Gasteiger partial charge in [0.1, 0.15) is 0 Å². The van der Waals surface area contributed by atoms with E-state index in [-0.39, 0.29) is 17.6 Å². The van der Waals surface area contributed by atoms with Crippen LogP contribution in [0.5, 0.6) is 0 Å². The summed E-state index contributed by atoms with van der Waals surface area (Å²) in [5.74, 6) is 0.313. The second-order valence-corrected chi connectivity index (χ2v) is 4.83. The molecular weight excluding hydrogens is 278 g/mol. The summed E-state index contributed by atoms with van der Waals surface area (Å²) < 4.78 is 1.58. The average molecular weight is 293 g/mol. The highest BCUT2D eigenvalue weighted by Gasteiger charge is 2.13. The number of rotatable bonds is 4. The smallest absolute Gasteiger partial charge is 0.272 e. The maximum Gasteiger partial charge on any atom is 0.272 e. The average Bonchev–Trinajstić information content (AvgIpc) is 3.10. The lowest BCUT2D eigenvalue weighted by atomic mass is 10.1. The molecule has 0 fully saturated rings. The lowest BCUT2D eigenvalue weighted by Crippen LogP contribution is -2.27. The summed E-state index contributed by atoms with van der Waals surface area (Å²) in [6, 6.07) is 14.8. The third-order valence-electron chi connectivity index (χ3n) is 3.27. The SMILES string of the molecule is C[C@@H](NC(=O)c1ccc(-n2cccn2)nn1)c1ccccc1. The number of amides is 1. The Kier molecular flexibility index (Phi) is 3.91. The minimum atomic E-state index is -0.254. The van der Waals surface area contributed by atoms with Gasteiger partial charge < -0.3 is 5.32 Å². The lowest BCUT2D eigenvalue weighted by Gasteiger charge is -2.13. The van der Waals surface area contributed by atoms with E-state index < -0.39 is 0 Å². The van der Waals surface area contributed by atoms with Crippen molar-refractivity contribution in [3.63, 3.8) is 0 Å². The molecule has 0 unspecified atom stereocenters. The highest BCUT2D eigenvalue weighted by atomic mass is 16.2. The molecule has 2 aromatic heterocycles. The van der Waals surface area contributed by atoms with Gasteiger partial charge in [-0.2, -0.15) is 5.10 Å². The number of aromatic nitrogens is 4. The molecule has 3 rings (SSSR count). The summed E-state index contributed by atoms with van der Waals surface area (Å²) >= 11 is 0. The number of carbonyl (C=O) groups excluding carboxylic acids is 1. The number of nitrogens with one attached hydrogen (secondary N) is 1. The van der Waals surface area contributed by atoms with Gasteiger partial charge in [-0.05, 0) is 30.7 Å². The van der Waals surface area contributed by atoms with Crippen molar-refractivity contribution in [1.29, 1.82) is 0 Å². The third-order valence-corrected chi connectivity index (χ3v) is 3.27. The number of carbonyl (C=O) groups is 1. The van der Waals surface area contributed by atoms with E-state index in [1.165, 1.54) is 0 Å². The molecule has 0 radical (unpaired) electrons. The van der Waals surface area contributed by atoms with Gasteiger partial charge in [0.15, 0.2) is 11.5 Å². The first kappa shape index (κ1) is 13.9. The Morgan fingerprint density at radius 1 is 1.09 bits per heavy atom. The molecule has 0 saturated carbocycles. The van der Waals surface area contributed by atoms with Crippen molar-refractivity contribution in [3.8, 4) is 5.82 Å². The van der Waals surface area contributed by atoms with Crippen LogP contribution in [-0.2, 0) is 0 Å². The normalized spacial score (nSPS) is 11.9. The maximum atomic E-state index is 12.2. The molecule has 0 aliphatic rings. The first-order chi connectivity index (χ1) is 10.7. The number of benzene rings is 1. The molecule has 0 aliphatic heterocycles. The lowest BCUT2D eigenvalue weighted by molar-refractivity contribution is 0.0934. The van der Waals surface area contributed by atoms with Crippen LogP contribution in [0, 0.1) is 0 Å². The standard InChI is InChI=1S/C16H15N5O/c1-12(13-6-3-2-4-7-13)18-16(22)14-8-9-15(20-19-14)21-11-5-10-17-21/h2-12H,1H3,(H,18,22)/t12-/m1/s1. The Labute approximate surface area is 127 Å². The Balaban J connectivity index is 1.70. The predicted molar refractivity (Wildman–Crippen MR) is 81.5 cm³/mol. The van der Waals surface area contributed by atoms with Crippen LogP contribution in [-0.4, -0.2) is 25.9 Å². The topological polar surface area (TPSA) is 72.7 Å². The van der Waals surface area contributed by atoms with Crippen molar-refractivity contribution >= 4 is 5.91 Å². The van der Waals surface area contributed by atoms with Gasteiger partial charge in [0.2, 0.25) is 0 Å². The zero-order valence-electron chi connectivity index (χ0n) is 12.0. The summed E-state index contributed by atoms with van der Waals surface area (Å²) in [6.45, 7) is 1.93. The highest BCUT2D eigenvalue weighted by molar-refractivity contribution is 5.92. The van der Waals surface area contributed by atoms with Gasteiger partial charge in [-0.15, -0.1) is 10.2 Å². The molecule has 0 bridgehead atoms. The summed E-state index contributed by atoms with van der Waals surface area (Å²) in [7, 11) is 0. The van der Waals surface area contributed by atoms with E-state index >= 15 is 0 Å². The second-order valence-electron chi connectivity index (χ2n) is 4.83. The van der Waals surface area contributed by atoms with Crippen molar-refractivity contribution in [2.75, 3.05) is 0 Å². The Hall–Kier alpha value is -3.02. The van der Waals surface area contributed by atoms with E-state index in [1.807, 2.05) is 37.3 Å². The largest absolute Gasteiger partial charge is 0.344 e. The van der Waals surface area contributed by atoms with Crippen molar-refractivity contribution in [2.24, 2.45) is 0 Å². The molecule has 1 amide bonds. The van der Waals surface area contributed by atoms with Gasteiger partial charge in [0, 0.05) is 12.4 Å². The van der Waals surface area contributed by atoms with Crippen molar-refractivity contribution < 1.29 is 4.79 Å². The first-order valence-electron chi connectivity index (χ1n) is 6.93. The Bertz CT molecular complexity index is 738. The minimum absolute atomic E-state index is 0.0960. The summed E-state index contributed by atoms with van der Waals surface area (Å²) in [4.78, 5) is 12.2. The van der Waals surface area contributed by atoms with Crippen LogP contribution in [0.2, 0.25) is 0 Å². The molecule has 1 N–H and O–H groups in total. The van der Waals surface area contributed by atoms with Crippen LogP contribution in [0.4, 0.5) is 0 Å². The van der Waals surface area contributed by atoms with Gasteiger partial charge >= 0.3 is 0 Å². The molecular formula is C16H15N5O. The van der Waals surface area contributed by atoms with E-state index in [1.54, 1.807) is 35.3 Å². The molecule has 0 saturated heterocycles. The van der Waals surface area contributed by atoms with Gasteiger partial charge in [-0.25, -0.2) is 4.68 Å². The second kappa shape index (κ2) is 6.17. The van der Waals surface area contributed by atoms with Gasteiger partial charge in [-0.1, -0.05) is 30.3 Å². The van der Waals surface area contributed by atoms with Crippen molar-refractivity contribution in [2.45, 2.75) is 13.0 Å². The Morgan fingerprint density at radius 3 is 2.55 bits per heavy atom. The highest BCUT2D eigenvalue weighted by Crippen LogP contribution is 2.12. The number of hydrogen-bond donors (Lipinski definition) is 1. The molecule has 1 aromatic carbocycles. The van der Waals surface area contributed by atoms with Gasteiger partial charge in [0.05, 0.1) is 6.04 Å². The molecule has 1 atom stereocenters. The fourth-order valence-corrected chi connectivity index (χ4v) is 2.07. The minimum Gasteiger partial charge on any atom is -0.344 e. The number of hydrogen-bond acceptors (Lipinski definition) is 4. The molecule has 0 aliphatic carbocycles. The summed E-state index contributed by atoms with van der Waals surface area (Å²) in [5, 5.41) is 14.9. The van der Waals surface area contributed by atoms with Crippen LogP contribution in [0.3, 0.4) is 0 Å². The molecule has 110 valence electrons. The van der Waals surface area contributed by atoms with Crippen LogP contribution in [0.25, 0.3) is 5.82 Å². The van der Waals surface area contributed by atoms with Crippen molar-refractivity contribution in [1.82, 2.24) is 25.3 Å². The molecule has 2 heterocycles. The maximum absolute atomic E-state index is 12.2. The molecule has 6 nitrogen and oxygen atoms in total. The van der Waals surface area contributed by atoms with Gasteiger partial charge in [0.25, 0.3) is 5.91 Å². The Morgan fingerprint density at radius 2 is 1.91 bits per heavy atom. The van der Waals surface area contributed by atoms with Crippen LogP contribution >= 0.6 is 0 Å². The quantitative estimate of drug-likeness (QED) is 0.800. The molecule has 3 aromatic rings. The zero-order valence-corrected chi connectivity index (χ0v) is 12.0. The van der Waals surface area contributed by atoms with Crippen LogP contribution in [0.15, 0.2) is 60.9 Å². The zero-order chi connectivity index (χ0) is 15.4. The molecule has 0 spiro atoms. The predicted octanol–water partition coefficient (Wildman–Crippen LogP) is 2.15. The van der Waals surface area contributed by atoms with E-state index in [2.05, 4.69) is 20.6 Å². The fraction of sp³-hybridized carbons (Fsp3) is 0.125. The monoisotopic (exact) mass is 293 g/mol. The van der Waals surface area contributed by atoms with Crippen molar-refractivity contribution in [3.05, 3.63) is 72.2 Å². The first-order valence-corrected chi connectivity index (χ1v) is 6.93.